The van der Waals surface area contributed by atoms with Gasteiger partial charge in [-0.2, -0.15) is 4.98 Å². The van der Waals surface area contributed by atoms with E-state index < -0.39 is 11.8 Å². The summed E-state index contributed by atoms with van der Waals surface area (Å²) in [5, 5.41) is 9.11. The van der Waals surface area contributed by atoms with Crippen LogP contribution in [-0.4, -0.2) is 27.8 Å². The molecule has 7 heteroatoms. The minimum absolute atomic E-state index is 0.000843. The third-order valence-corrected chi connectivity index (χ3v) is 1.58. The fraction of sp³-hybridized carbons (Fsp3) is 0.333. The summed E-state index contributed by atoms with van der Waals surface area (Å²) < 4.78 is 0. The highest BCUT2D eigenvalue weighted by molar-refractivity contribution is 5.12. The van der Waals surface area contributed by atoms with Gasteiger partial charge in [-0.25, -0.2) is 4.99 Å². The molecule has 1 aliphatic heterocycles. The van der Waals surface area contributed by atoms with Gasteiger partial charge in [-0.15, -0.1) is 0 Å². The Morgan fingerprint density at radius 3 is 3.15 bits per heavy atom. The molecule has 2 rings (SSSR count). The maximum absolute atomic E-state index is 11.2. The molecule has 68 valence electrons. The number of anilines is 1. The van der Waals surface area contributed by atoms with Gasteiger partial charge in [0.15, 0.2) is 17.1 Å². The fourth-order valence-electron chi connectivity index (χ4n) is 1.06. The summed E-state index contributed by atoms with van der Waals surface area (Å²) in [6.45, 7) is 0.114. The Kier molecular flexibility index (Phi) is 1.59. The number of fused-ring (bicyclic) bond motifs is 1. The summed E-state index contributed by atoms with van der Waals surface area (Å²) in [6, 6.07) is 0. The zero-order valence-electron chi connectivity index (χ0n) is 6.56. The van der Waals surface area contributed by atoms with Crippen LogP contribution in [0.15, 0.2) is 14.8 Å². The third kappa shape index (κ3) is 1.29. The van der Waals surface area contributed by atoms with Crippen LogP contribution in [0.3, 0.4) is 0 Å². The molecule has 0 aromatic carbocycles. The molecule has 0 amide bonds. The summed E-state index contributed by atoms with van der Waals surface area (Å²) >= 11 is 0. The number of hydrogen-bond donors (Lipinski definition) is 3. The van der Waals surface area contributed by atoms with E-state index in [1.807, 2.05) is 0 Å². The summed E-state index contributed by atoms with van der Waals surface area (Å²) in [4.78, 5) is 24.7. The predicted molar refractivity (Wildman–Crippen MR) is 42.5 cm³/mol. The van der Waals surface area contributed by atoms with Gasteiger partial charge < -0.3 is 10.8 Å². The van der Waals surface area contributed by atoms with Crippen molar-refractivity contribution in [2.45, 2.75) is 6.23 Å². The van der Waals surface area contributed by atoms with E-state index in [1.165, 1.54) is 0 Å². The molecule has 0 bridgehead atoms. The number of rotatable bonds is 0. The molecule has 13 heavy (non-hydrogen) atoms. The molecule has 2 heterocycles. The monoisotopic (exact) mass is 181 g/mol. The van der Waals surface area contributed by atoms with Crippen LogP contribution in [-0.2, 0) is 0 Å². The smallest absolute Gasteiger partial charge is 0.280 e. The summed E-state index contributed by atoms with van der Waals surface area (Å²) in [5.74, 6) is -0.000843. The lowest BCUT2D eigenvalue weighted by molar-refractivity contribution is 0.184. The highest BCUT2D eigenvalue weighted by Crippen LogP contribution is 1.85. The summed E-state index contributed by atoms with van der Waals surface area (Å²) in [5.41, 5.74) is 4.99. The maximum Gasteiger partial charge on any atom is 0.280 e. The summed E-state index contributed by atoms with van der Waals surface area (Å²) in [6.07, 6.45) is -0.959. The molecule has 1 unspecified atom stereocenters. The number of nitrogens with two attached hydrogens (primary N) is 1. The number of nitrogens with one attached hydrogen (secondary N) is 1. The van der Waals surface area contributed by atoms with E-state index in [4.69, 9.17) is 10.8 Å². The number of aromatic amines is 1. The van der Waals surface area contributed by atoms with E-state index >= 15 is 0 Å². The lowest BCUT2D eigenvalue weighted by Gasteiger charge is -2.04. The van der Waals surface area contributed by atoms with Crippen molar-refractivity contribution < 1.29 is 5.11 Å². The maximum atomic E-state index is 11.2. The lowest BCUT2D eigenvalue weighted by Crippen LogP contribution is -2.47. The second-order valence-electron chi connectivity index (χ2n) is 2.57. The molecule has 0 saturated carbocycles. The largest absolute Gasteiger partial charge is 0.370 e. The normalized spacial score (nSPS) is 19.9. The Labute approximate surface area is 71.7 Å². The molecule has 0 spiro atoms. The fourth-order valence-corrected chi connectivity index (χ4v) is 1.06. The van der Waals surface area contributed by atoms with Gasteiger partial charge in [0.2, 0.25) is 5.95 Å². The van der Waals surface area contributed by atoms with E-state index in [-0.39, 0.29) is 23.3 Å². The van der Waals surface area contributed by atoms with Crippen molar-refractivity contribution in [3.63, 3.8) is 0 Å². The first-order valence-corrected chi connectivity index (χ1v) is 3.63. The van der Waals surface area contributed by atoms with Crippen LogP contribution in [0, 0.1) is 0 Å². The molecule has 1 aliphatic rings. The number of aromatic nitrogens is 2. The van der Waals surface area contributed by atoms with Gasteiger partial charge in [0.1, 0.15) is 0 Å². The average molecular weight is 181 g/mol. The molecule has 7 nitrogen and oxygen atoms in total. The van der Waals surface area contributed by atoms with Crippen LogP contribution in [0.1, 0.15) is 0 Å². The SMILES string of the molecule is Nc1nc2c(c(=O)[nH]1)=NC(O)CN=2. The number of aliphatic hydroxyl groups excluding tert-OH is 1. The van der Waals surface area contributed by atoms with Crippen molar-refractivity contribution in [2.24, 2.45) is 9.98 Å². The van der Waals surface area contributed by atoms with Gasteiger partial charge in [-0.1, -0.05) is 0 Å². The van der Waals surface area contributed by atoms with Crippen LogP contribution >= 0.6 is 0 Å². The number of H-pyrrole nitrogens is 1. The van der Waals surface area contributed by atoms with Crippen molar-refractivity contribution in [1.29, 1.82) is 0 Å². The molecule has 0 radical (unpaired) electrons. The second-order valence-corrected chi connectivity index (χ2v) is 2.57. The molecule has 0 aliphatic carbocycles. The van der Waals surface area contributed by atoms with E-state index in [2.05, 4.69) is 20.0 Å². The number of nitrogen functional groups attached to an aromatic ring is 1. The van der Waals surface area contributed by atoms with Crippen LogP contribution in [0.4, 0.5) is 5.95 Å². The molecule has 0 fully saturated rings. The Bertz CT molecular complexity index is 505. The van der Waals surface area contributed by atoms with Gasteiger partial charge in [0, 0.05) is 0 Å². The van der Waals surface area contributed by atoms with E-state index in [0.717, 1.165) is 0 Å². The van der Waals surface area contributed by atoms with Gasteiger partial charge >= 0.3 is 0 Å². The number of nitrogens with zero attached hydrogens (tertiary/aromatic N) is 3. The first-order valence-electron chi connectivity index (χ1n) is 3.63. The van der Waals surface area contributed by atoms with Crippen molar-refractivity contribution in [2.75, 3.05) is 12.3 Å². The minimum atomic E-state index is -0.959. The molecule has 1 aromatic heterocycles. The standard InChI is InChI=1S/C6H7N5O2/c7-6-10-4-3(5(13)11-6)9-2(12)1-8-4/h2,12H,1H2,(H3,7,8,10,11,13). The van der Waals surface area contributed by atoms with Gasteiger partial charge in [0.25, 0.3) is 5.56 Å². The van der Waals surface area contributed by atoms with Crippen molar-refractivity contribution in [3.05, 3.63) is 21.2 Å². The highest BCUT2D eigenvalue weighted by Gasteiger charge is 2.08. The van der Waals surface area contributed by atoms with Gasteiger partial charge in [0.05, 0.1) is 6.54 Å². The molecule has 1 aromatic rings. The zero-order chi connectivity index (χ0) is 9.42. The molecular formula is C6H7N5O2. The quantitative estimate of drug-likeness (QED) is 0.393. The average Bonchev–Trinajstić information content (AvgIpc) is 2.06. The third-order valence-electron chi connectivity index (χ3n) is 1.58. The molecular weight excluding hydrogens is 174 g/mol. The van der Waals surface area contributed by atoms with Crippen LogP contribution in [0.5, 0.6) is 0 Å². The topological polar surface area (TPSA) is 117 Å². The Hall–Kier alpha value is -1.76. The molecule has 4 N–H and O–H groups in total. The lowest BCUT2D eigenvalue weighted by atomic mass is 10.4. The molecule has 0 saturated heterocycles. The second kappa shape index (κ2) is 2.63. The van der Waals surface area contributed by atoms with Crippen LogP contribution in [0.25, 0.3) is 0 Å². The summed E-state index contributed by atoms with van der Waals surface area (Å²) in [7, 11) is 0. The molecule has 1 atom stereocenters. The minimum Gasteiger partial charge on any atom is -0.370 e. The van der Waals surface area contributed by atoms with Crippen LogP contribution < -0.4 is 22.1 Å². The van der Waals surface area contributed by atoms with E-state index in [0.29, 0.717) is 0 Å². The van der Waals surface area contributed by atoms with E-state index in [9.17, 15) is 4.79 Å². The number of hydrogen-bond acceptors (Lipinski definition) is 6. The zero-order valence-corrected chi connectivity index (χ0v) is 6.56. The highest BCUT2D eigenvalue weighted by atomic mass is 16.3. The van der Waals surface area contributed by atoms with Crippen molar-refractivity contribution in [3.8, 4) is 0 Å². The Balaban J connectivity index is 2.88. The van der Waals surface area contributed by atoms with Gasteiger partial charge in [-0.05, 0) is 0 Å². The van der Waals surface area contributed by atoms with Crippen molar-refractivity contribution >= 4 is 5.95 Å². The van der Waals surface area contributed by atoms with E-state index in [1.54, 1.807) is 0 Å². The van der Waals surface area contributed by atoms with Gasteiger partial charge in [-0.3, -0.25) is 14.8 Å². The first-order chi connectivity index (χ1) is 6.16. The number of aliphatic hydroxyl groups is 1. The van der Waals surface area contributed by atoms with Crippen LogP contribution in [0.2, 0.25) is 0 Å². The predicted octanol–water partition coefficient (Wildman–Crippen LogP) is -3.08. The Morgan fingerprint density at radius 1 is 1.62 bits per heavy atom. The van der Waals surface area contributed by atoms with Crippen molar-refractivity contribution in [1.82, 2.24) is 9.97 Å². The first kappa shape index (κ1) is 7.87. The Morgan fingerprint density at radius 2 is 2.38 bits per heavy atom.